The van der Waals surface area contributed by atoms with Crippen molar-refractivity contribution in [1.29, 1.82) is 0 Å². The third kappa shape index (κ3) is 5.08. The molecule has 3 aromatic rings. The molecule has 5 nitrogen and oxygen atoms in total. The first-order chi connectivity index (χ1) is 14.7. The SMILES string of the molecule is Cl.Clc1cccc(NC2=CN(c3ccc(CN4CCOCC4)cc3)Cc3[nH]ccc32)c1. The van der Waals surface area contributed by atoms with Crippen LogP contribution in [0.4, 0.5) is 11.4 Å². The van der Waals surface area contributed by atoms with E-state index in [1.54, 1.807) is 0 Å². The van der Waals surface area contributed by atoms with Crippen molar-refractivity contribution in [3.8, 4) is 0 Å². The molecular weight excluding hydrogens is 431 g/mol. The third-order valence-electron chi connectivity index (χ3n) is 5.62. The summed E-state index contributed by atoms with van der Waals surface area (Å²) in [5, 5.41) is 4.25. The van der Waals surface area contributed by atoms with Crippen LogP contribution in [0.15, 0.2) is 67.0 Å². The monoisotopic (exact) mass is 456 g/mol. The van der Waals surface area contributed by atoms with Gasteiger partial charge < -0.3 is 19.9 Å². The minimum atomic E-state index is 0. The van der Waals surface area contributed by atoms with Gasteiger partial charge in [0.05, 0.1) is 25.5 Å². The van der Waals surface area contributed by atoms with Gasteiger partial charge in [-0.3, -0.25) is 4.90 Å². The van der Waals surface area contributed by atoms with Crippen molar-refractivity contribution < 1.29 is 4.74 Å². The quantitative estimate of drug-likeness (QED) is 0.542. The fourth-order valence-electron chi connectivity index (χ4n) is 4.03. The summed E-state index contributed by atoms with van der Waals surface area (Å²) in [5.41, 5.74) is 6.92. The average Bonchev–Trinajstić information content (AvgIpc) is 3.24. The molecule has 7 heteroatoms. The van der Waals surface area contributed by atoms with E-state index in [2.05, 4.69) is 56.6 Å². The number of morpholine rings is 1. The number of fused-ring (bicyclic) bond motifs is 1. The first-order valence-electron chi connectivity index (χ1n) is 10.3. The van der Waals surface area contributed by atoms with Gasteiger partial charge in [0.1, 0.15) is 0 Å². The van der Waals surface area contributed by atoms with Crippen LogP contribution in [0.1, 0.15) is 16.8 Å². The first kappa shape index (κ1) is 21.8. The summed E-state index contributed by atoms with van der Waals surface area (Å²) in [6, 6.07) is 18.8. The Morgan fingerprint density at radius 2 is 1.84 bits per heavy atom. The van der Waals surface area contributed by atoms with Crippen LogP contribution in [-0.4, -0.2) is 36.2 Å². The molecule has 2 aliphatic heterocycles. The lowest BCUT2D eigenvalue weighted by Crippen LogP contribution is -2.35. The molecule has 3 heterocycles. The third-order valence-corrected chi connectivity index (χ3v) is 5.85. The zero-order valence-electron chi connectivity index (χ0n) is 17.2. The molecule has 2 N–H and O–H groups in total. The number of aromatic amines is 1. The van der Waals surface area contributed by atoms with E-state index in [4.69, 9.17) is 16.3 Å². The highest BCUT2D eigenvalue weighted by molar-refractivity contribution is 6.30. The van der Waals surface area contributed by atoms with Crippen LogP contribution in [-0.2, 0) is 17.8 Å². The van der Waals surface area contributed by atoms with Gasteiger partial charge in [-0.2, -0.15) is 0 Å². The number of H-pyrrole nitrogens is 1. The Morgan fingerprint density at radius 1 is 1.03 bits per heavy atom. The molecular formula is C24H26Cl2N4O. The van der Waals surface area contributed by atoms with Crippen LogP contribution in [0.25, 0.3) is 5.70 Å². The van der Waals surface area contributed by atoms with Crippen molar-refractivity contribution in [3.05, 3.63) is 88.8 Å². The van der Waals surface area contributed by atoms with Crippen LogP contribution < -0.4 is 10.2 Å². The number of anilines is 2. The molecule has 1 saturated heterocycles. The number of nitrogens with zero attached hydrogens (tertiary/aromatic N) is 2. The van der Waals surface area contributed by atoms with E-state index in [-0.39, 0.29) is 12.4 Å². The van der Waals surface area contributed by atoms with E-state index in [0.717, 1.165) is 55.8 Å². The Balaban J connectivity index is 0.00000231. The fraction of sp³-hybridized carbons (Fsp3) is 0.250. The molecule has 0 unspecified atom stereocenters. The molecule has 0 aliphatic carbocycles. The number of hydrogen-bond donors (Lipinski definition) is 2. The maximum Gasteiger partial charge on any atom is 0.0642 e. The van der Waals surface area contributed by atoms with Gasteiger partial charge in [0.2, 0.25) is 0 Å². The number of rotatable bonds is 5. The molecule has 0 spiro atoms. The van der Waals surface area contributed by atoms with Gasteiger partial charge in [0.25, 0.3) is 0 Å². The van der Waals surface area contributed by atoms with Crippen molar-refractivity contribution in [2.75, 3.05) is 36.5 Å². The molecule has 1 fully saturated rings. The predicted molar refractivity (Wildman–Crippen MR) is 130 cm³/mol. The van der Waals surface area contributed by atoms with Crippen molar-refractivity contribution >= 4 is 41.1 Å². The van der Waals surface area contributed by atoms with Crippen molar-refractivity contribution in [3.63, 3.8) is 0 Å². The molecule has 5 rings (SSSR count). The first-order valence-corrected chi connectivity index (χ1v) is 10.7. The Kier molecular flexibility index (Phi) is 6.88. The number of hydrogen-bond acceptors (Lipinski definition) is 4. The molecule has 2 aromatic carbocycles. The van der Waals surface area contributed by atoms with Crippen LogP contribution in [0.5, 0.6) is 0 Å². The second kappa shape index (κ2) is 9.79. The van der Waals surface area contributed by atoms with Gasteiger partial charge in [-0.15, -0.1) is 12.4 Å². The van der Waals surface area contributed by atoms with E-state index in [0.29, 0.717) is 0 Å². The van der Waals surface area contributed by atoms with Gasteiger partial charge in [-0.25, -0.2) is 0 Å². The Hall–Kier alpha value is -2.44. The Bertz CT molecular complexity index is 1040. The normalized spacial score (nSPS) is 16.3. The predicted octanol–water partition coefficient (Wildman–Crippen LogP) is 5.35. The summed E-state index contributed by atoms with van der Waals surface area (Å²) in [5.74, 6) is 0. The van der Waals surface area contributed by atoms with Crippen LogP contribution in [0.2, 0.25) is 5.02 Å². The smallest absolute Gasteiger partial charge is 0.0642 e. The van der Waals surface area contributed by atoms with Crippen molar-refractivity contribution in [2.45, 2.75) is 13.1 Å². The summed E-state index contributed by atoms with van der Waals surface area (Å²) in [6.45, 7) is 5.46. The van der Waals surface area contributed by atoms with Gasteiger partial charge in [0, 0.05) is 59.7 Å². The summed E-state index contributed by atoms with van der Waals surface area (Å²) < 4.78 is 5.45. The summed E-state index contributed by atoms with van der Waals surface area (Å²) in [6.07, 6.45) is 4.17. The molecule has 0 bridgehead atoms. The molecule has 31 heavy (non-hydrogen) atoms. The minimum absolute atomic E-state index is 0. The van der Waals surface area contributed by atoms with Crippen LogP contribution in [0.3, 0.4) is 0 Å². The molecule has 0 saturated carbocycles. The van der Waals surface area contributed by atoms with Gasteiger partial charge in [-0.05, 0) is 42.0 Å². The van der Waals surface area contributed by atoms with E-state index in [1.165, 1.54) is 22.5 Å². The fourth-order valence-corrected chi connectivity index (χ4v) is 4.22. The molecule has 162 valence electrons. The van der Waals surface area contributed by atoms with Crippen molar-refractivity contribution in [1.82, 2.24) is 9.88 Å². The molecule has 0 amide bonds. The van der Waals surface area contributed by atoms with E-state index >= 15 is 0 Å². The second-order valence-electron chi connectivity index (χ2n) is 7.73. The van der Waals surface area contributed by atoms with E-state index in [1.807, 2.05) is 30.5 Å². The van der Waals surface area contributed by atoms with Crippen molar-refractivity contribution in [2.24, 2.45) is 0 Å². The van der Waals surface area contributed by atoms with Crippen LogP contribution >= 0.6 is 24.0 Å². The minimum Gasteiger partial charge on any atom is -0.379 e. The second-order valence-corrected chi connectivity index (χ2v) is 8.17. The largest absolute Gasteiger partial charge is 0.379 e. The van der Waals surface area contributed by atoms with Gasteiger partial charge in [-0.1, -0.05) is 29.8 Å². The number of nitrogens with one attached hydrogen (secondary N) is 2. The Morgan fingerprint density at radius 3 is 2.61 bits per heavy atom. The van der Waals surface area contributed by atoms with Gasteiger partial charge in [0.15, 0.2) is 0 Å². The van der Waals surface area contributed by atoms with E-state index in [9.17, 15) is 0 Å². The number of benzene rings is 2. The maximum atomic E-state index is 6.16. The lowest BCUT2D eigenvalue weighted by molar-refractivity contribution is 0.0342. The molecule has 0 radical (unpaired) electrons. The highest BCUT2D eigenvalue weighted by atomic mass is 35.5. The summed E-state index contributed by atoms with van der Waals surface area (Å²) >= 11 is 6.16. The summed E-state index contributed by atoms with van der Waals surface area (Å²) in [4.78, 5) is 8.09. The van der Waals surface area contributed by atoms with Crippen LogP contribution in [0, 0.1) is 0 Å². The number of halogens is 2. The topological polar surface area (TPSA) is 43.5 Å². The van der Waals surface area contributed by atoms with E-state index < -0.39 is 0 Å². The maximum absolute atomic E-state index is 6.16. The number of ether oxygens (including phenoxy) is 1. The standard InChI is InChI=1S/C24H25ClN4O.ClH/c25-19-2-1-3-20(14-19)27-24-17-29(16-23-22(24)8-9-26-23)21-6-4-18(5-7-21)15-28-10-12-30-13-11-28;/h1-9,14,17,26-27H,10-13,15-16H2;1H. The lowest BCUT2D eigenvalue weighted by Gasteiger charge is -2.29. The lowest BCUT2D eigenvalue weighted by atomic mass is 10.1. The molecule has 1 aromatic heterocycles. The zero-order chi connectivity index (χ0) is 20.3. The molecule has 0 atom stereocenters. The number of aromatic nitrogens is 1. The summed E-state index contributed by atoms with van der Waals surface area (Å²) in [7, 11) is 0. The highest BCUT2D eigenvalue weighted by Crippen LogP contribution is 2.31. The zero-order valence-corrected chi connectivity index (χ0v) is 18.8. The highest BCUT2D eigenvalue weighted by Gasteiger charge is 2.20. The van der Waals surface area contributed by atoms with Gasteiger partial charge >= 0.3 is 0 Å². The Labute approximate surface area is 194 Å². The average molecular weight is 457 g/mol. The molecule has 2 aliphatic rings.